The highest BCUT2D eigenvalue weighted by Crippen LogP contribution is 2.35. The molecule has 0 N–H and O–H groups in total. The molecule has 12 heavy (non-hydrogen) atoms. The van der Waals surface area contributed by atoms with Gasteiger partial charge in [0.05, 0.1) is 17.3 Å². The Hall–Kier alpha value is -0.150. The van der Waals surface area contributed by atoms with E-state index in [1.165, 1.54) is 0 Å². The van der Waals surface area contributed by atoms with Crippen LogP contribution in [0.3, 0.4) is 0 Å². The zero-order valence-corrected chi connectivity index (χ0v) is 8.78. The average Bonchev–Trinajstić information content (AvgIpc) is 2.31. The van der Waals surface area contributed by atoms with Crippen LogP contribution in [0.2, 0.25) is 0 Å². The summed E-state index contributed by atoms with van der Waals surface area (Å²) in [6.07, 6.45) is 1.94. The van der Waals surface area contributed by atoms with Gasteiger partial charge in [0.25, 0.3) is 0 Å². The fraction of sp³-hybridized carbons (Fsp3) is 0.625. The number of alkyl halides is 1. The van der Waals surface area contributed by atoms with Crippen molar-refractivity contribution in [1.29, 1.82) is 0 Å². The minimum absolute atomic E-state index is 0.00171. The van der Waals surface area contributed by atoms with E-state index in [9.17, 15) is 4.79 Å². The van der Waals surface area contributed by atoms with Crippen LogP contribution in [0.1, 0.15) is 13.8 Å². The van der Waals surface area contributed by atoms with Gasteiger partial charge >= 0.3 is 0 Å². The summed E-state index contributed by atoms with van der Waals surface area (Å²) in [4.78, 5) is 13.0. The molecule has 4 heteroatoms. The first-order valence-corrected chi connectivity index (χ1v) is 5.16. The van der Waals surface area contributed by atoms with Gasteiger partial charge in [0.2, 0.25) is 0 Å². The molecular formula is C8H12ClNOS. The first-order chi connectivity index (χ1) is 5.56. The molecule has 0 aromatic carbocycles. The van der Waals surface area contributed by atoms with E-state index in [0.29, 0.717) is 6.54 Å². The zero-order chi connectivity index (χ0) is 9.19. The minimum atomic E-state index is 0.00171. The smallest absolute Gasteiger partial charge is 0.166 e. The van der Waals surface area contributed by atoms with Gasteiger partial charge in [-0.05, 0) is 19.3 Å². The van der Waals surface area contributed by atoms with E-state index in [4.69, 9.17) is 11.6 Å². The van der Waals surface area contributed by atoms with Crippen LogP contribution in [0.4, 0.5) is 0 Å². The maximum atomic E-state index is 11.0. The lowest BCUT2D eigenvalue weighted by molar-refractivity contribution is -0.117. The van der Waals surface area contributed by atoms with Crippen LogP contribution in [0.15, 0.2) is 11.6 Å². The molecule has 0 saturated heterocycles. The predicted molar refractivity (Wildman–Crippen MR) is 53.2 cm³/mol. The van der Waals surface area contributed by atoms with Crippen molar-refractivity contribution in [3.63, 3.8) is 0 Å². The fourth-order valence-corrected chi connectivity index (χ4v) is 1.88. The molecule has 0 radical (unpaired) electrons. The number of ketones is 1. The van der Waals surface area contributed by atoms with Crippen molar-refractivity contribution in [2.45, 2.75) is 18.7 Å². The minimum Gasteiger partial charge on any atom is -0.355 e. The monoisotopic (exact) mass is 205 g/mol. The summed E-state index contributed by atoms with van der Waals surface area (Å²) < 4.78 is 0. The number of Topliss-reactive ketones (excluding diaryl/α,β-unsaturated/α-hetero) is 1. The van der Waals surface area contributed by atoms with E-state index in [0.717, 1.165) is 0 Å². The number of carbonyl (C=O) groups is 1. The Morgan fingerprint density at radius 1 is 1.67 bits per heavy atom. The van der Waals surface area contributed by atoms with Crippen molar-refractivity contribution < 1.29 is 4.79 Å². The fourth-order valence-electron chi connectivity index (χ4n) is 0.993. The molecule has 1 heterocycles. The van der Waals surface area contributed by atoms with Crippen LogP contribution in [-0.2, 0) is 4.79 Å². The molecule has 0 aromatic rings. The van der Waals surface area contributed by atoms with Gasteiger partial charge in [-0.25, -0.2) is 0 Å². The molecule has 1 aliphatic rings. The topological polar surface area (TPSA) is 20.3 Å². The van der Waals surface area contributed by atoms with Crippen molar-refractivity contribution >= 4 is 29.1 Å². The lowest BCUT2D eigenvalue weighted by atomic mass is 10.3. The molecule has 0 aliphatic carbocycles. The normalized spacial score (nSPS) is 20.1. The lowest BCUT2D eigenvalue weighted by Crippen LogP contribution is -2.37. The summed E-state index contributed by atoms with van der Waals surface area (Å²) in [5.41, 5.74) is 0. The summed E-state index contributed by atoms with van der Waals surface area (Å²) >= 11 is 7.13. The number of hydrogen-bond acceptors (Lipinski definition) is 3. The second-order valence-corrected chi connectivity index (χ2v) is 4.92. The number of thioether (sulfide) groups is 1. The Labute approximate surface area is 81.9 Å². The molecule has 2 nitrogen and oxygen atoms in total. The third-order valence-electron chi connectivity index (χ3n) is 1.78. The predicted octanol–water partition coefficient (Wildman–Crippen LogP) is 2.05. The highest BCUT2D eigenvalue weighted by molar-refractivity contribution is 8.03. The first kappa shape index (κ1) is 9.93. The summed E-state index contributed by atoms with van der Waals surface area (Å²) in [6.45, 7) is 4.58. The molecule has 0 saturated carbocycles. The summed E-state index contributed by atoms with van der Waals surface area (Å²) in [7, 11) is 0. The summed E-state index contributed by atoms with van der Waals surface area (Å²) in [5.74, 6) is 0.169. The second kappa shape index (κ2) is 3.71. The number of halogens is 1. The summed E-state index contributed by atoms with van der Waals surface area (Å²) in [6, 6.07) is 0. The van der Waals surface area contributed by atoms with Crippen LogP contribution in [0, 0.1) is 0 Å². The number of rotatable bonds is 3. The molecule has 1 aliphatic heterocycles. The maximum absolute atomic E-state index is 11.0. The standard InChI is InChI=1S/C8H12ClNOS/c1-8(2)10(3-4-12-8)6-7(11)5-9/h3-4H,5-6H2,1-2H3. The Kier molecular flexibility index (Phi) is 3.07. The van der Waals surface area contributed by atoms with Gasteiger partial charge in [-0.2, -0.15) is 0 Å². The van der Waals surface area contributed by atoms with E-state index < -0.39 is 0 Å². The highest BCUT2D eigenvalue weighted by atomic mass is 35.5. The summed E-state index contributed by atoms with van der Waals surface area (Å²) in [5, 5.41) is 2.00. The second-order valence-electron chi connectivity index (χ2n) is 3.15. The van der Waals surface area contributed by atoms with Crippen molar-refractivity contribution in [2.75, 3.05) is 12.4 Å². The third kappa shape index (κ3) is 2.17. The molecule has 0 aromatic heterocycles. The largest absolute Gasteiger partial charge is 0.355 e. The molecular weight excluding hydrogens is 194 g/mol. The number of hydrogen-bond donors (Lipinski definition) is 0. The lowest BCUT2D eigenvalue weighted by Gasteiger charge is -2.30. The third-order valence-corrected chi connectivity index (χ3v) is 3.15. The Morgan fingerprint density at radius 3 is 2.75 bits per heavy atom. The molecule has 0 amide bonds. The molecule has 68 valence electrons. The quantitative estimate of drug-likeness (QED) is 0.658. The van der Waals surface area contributed by atoms with Crippen molar-refractivity contribution in [1.82, 2.24) is 4.90 Å². The molecule has 0 unspecified atom stereocenters. The van der Waals surface area contributed by atoms with Crippen molar-refractivity contribution in [3.8, 4) is 0 Å². The van der Waals surface area contributed by atoms with Gasteiger partial charge in [-0.3, -0.25) is 4.79 Å². The Morgan fingerprint density at radius 2 is 2.33 bits per heavy atom. The Bertz CT molecular complexity index is 215. The van der Waals surface area contributed by atoms with E-state index in [-0.39, 0.29) is 16.5 Å². The van der Waals surface area contributed by atoms with Gasteiger partial charge in [-0.15, -0.1) is 23.4 Å². The van der Waals surface area contributed by atoms with Gasteiger partial charge in [0.1, 0.15) is 0 Å². The van der Waals surface area contributed by atoms with Gasteiger partial charge < -0.3 is 4.90 Å². The number of carbonyl (C=O) groups excluding carboxylic acids is 1. The molecule has 0 atom stereocenters. The van der Waals surface area contributed by atoms with E-state index in [2.05, 4.69) is 13.8 Å². The first-order valence-electron chi connectivity index (χ1n) is 3.75. The van der Waals surface area contributed by atoms with Crippen LogP contribution in [-0.4, -0.2) is 28.0 Å². The van der Waals surface area contributed by atoms with Gasteiger partial charge in [0, 0.05) is 6.20 Å². The highest BCUT2D eigenvalue weighted by Gasteiger charge is 2.28. The molecule has 0 spiro atoms. The zero-order valence-electron chi connectivity index (χ0n) is 7.21. The molecule has 0 bridgehead atoms. The van der Waals surface area contributed by atoms with Crippen LogP contribution in [0.5, 0.6) is 0 Å². The van der Waals surface area contributed by atoms with Gasteiger partial charge in [-0.1, -0.05) is 0 Å². The van der Waals surface area contributed by atoms with Crippen LogP contribution < -0.4 is 0 Å². The van der Waals surface area contributed by atoms with E-state index >= 15 is 0 Å². The molecule has 1 rings (SSSR count). The van der Waals surface area contributed by atoms with Crippen molar-refractivity contribution in [3.05, 3.63) is 11.6 Å². The van der Waals surface area contributed by atoms with Crippen LogP contribution in [0.25, 0.3) is 0 Å². The maximum Gasteiger partial charge on any atom is 0.166 e. The van der Waals surface area contributed by atoms with Crippen molar-refractivity contribution in [2.24, 2.45) is 0 Å². The van der Waals surface area contributed by atoms with Gasteiger partial charge in [0.15, 0.2) is 5.78 Å². The van der Waals surface area contributed by atoms with E-state index in [1.54, 1.807) is 11.8 Å². The Balaban J connectivity index is 2.52. The molecule has 0 fully saturated rings. The van der Waals surface area contributed by atoms with Crippen LogP contribution >= 0.6 is 23.4 Å². The SMILES string of the molecule is CC1(C)SC=CN1CC(=O)CCl. The van der Waals surface area contributed by atoms with E-state index in [1.807, 2.05) is 16.5 Å². The average molecular weight is 206 g/mol. The number of nitrogens with zero attached hydrogens (tertiary/aromatic N) is 1.